The van der Waals surface area contributed by atoms with Crippen molar-refractivity contribution in [2.24, 2.45) is 11.5 Å². The molecule has 5 rings (SSSR count). The number of rotatable bonds is 10. The number of fused-ring (bicyclic) bond motifs is 2. The Morgan fingerprint density at radius 3 is 1.36 bits per heavy atom. The SMILES string of the molecule is NC(=O)N(CCNc1ccc(NCCN(C(N)=O)c2ccccc2)c2c1C(=O)c1cnncc1C2=O)c1ccccc1. The van der Waals surface area contributed by atoms with Gasteiger partial charge in [0.2, 0.25) is 0 Å². The van der Waals surface area contributed by atoms with E-state index in [-0.39, 0.29) is 48.4 Å². The molecule has 0 unspecified atom stereocenters. The molecular weight excluding hydrogens is 536 g/mol. The molecule has 0 radical (unpaired) electrons. The molecular formula is C30H28N8O4. The summed E-state index contributed by atoms with van der Waals surface area (Å²) in [6, 6.07) is 20.1. The summed E-state index contributed by atoms with van der Waals surface area (Å²) in [5.74, 6) is -0.781. The van der Waals surface area contributed by atoms with Crippen LogP contribution in [0, 0.1) is 0 Å². The summed E-state index contributed by atoms with van der Waals surface area (Å²) in [6.07, 6.45) is 2.55. The fourth-order valence-electron chi connectivity index (χ4n) is 4.88. The molecule has 1 aliphatic rings. The Hall–Kier alpha value is -5.78. The zero-order chi connectivity index (χ0) is 29.6. The van der Waals surface area contributed by atoms with Crippen LogP contribution in [0.15, 0.2) is 85.2 Å². The Balaban J connectivity index is 1.41. The van der Waals surface area contributed by atoms with E-state index in [1.165, 1.54) is 22.2 Å². The fourth-order valence-corrected chi connectivity index (χ4v) is 4.88. The van der Waals surface area contributed by atoms with E-state index in [4.69, 9.17) is 11.5 Å². The van der Waals surface area contributed by atoms with E-state index >= 15 is 0 Å². The average Bonchev–Trinajstić information content (AvgIpc) is 3.01. The van der Waals surface area contributed by atoms with E-state index in [9.17, 15) is 19.2 Å². The number of aromatic nitrogens is 2. The number of anilines is 4. The first-order valence-corrected chi connectivity index (χ1v) is 13.2. The summed E-state index contributed by atoms with van der Waals surface area (Å²) in [7, 11) is 0. The summed E-state index contributed by atoms with van der Waals surface area (Å²) in [5.41, 5.74) is 13.9. The Labute approximate surface area is 241 Å². The summed E-state index contributed by atoms with van der Waals surface area (Å²) < 4.78 is 0. The van der Waals surface area contributed by atoms with Crippen LogP contribution >= 0.6 is 0 Å². The zero-order valence-electron chi connectivity index (χ0n) is 22.5. The topological polar surface area (TPSA) is 177 Å². The number of para-hydroxylation sites is 2. The molecule has 3 aromatic carbocycles. The van der Waals surface area contributed by atoms with Gasteiger partial charge in [-0.15, -0.1) is 0 Å². The van der Waals surface area contributed by atoms with Crippen LogP contribution in [0.25, 0.3) is 0 Å². The first kappa shape index (κ1) is 27.8. The van der Waals surface area contributed by atoms with Gasteiger partial charge in [-0.2, -0.15) is 10.2 Å². The number of carbonyl (C=O) groups is 4. The highest BCUT2D eigenvalue weighted by molar-refractivity contribution is 6.31. The lowest BCUT2D eigenvalue weighted by molar-refractivity contribution is 0.0979. The molecule has 42 heavy (non-hydrogen) atoms. The van der Waals surface area contributed by atoms with Crippen molar-refractivity contribution in [2.75, 3.05) is 46.6 Å². The highest BCUT2D eigenvalue weighted by atomic mass is 16.2. The molecule has 0 saturated carbocycles. The van der Waals surface area contributed by atoms with Crippen molar-refractivity contribution in [3.63, 3.8) is 0 Å². The second kappa shape index (κ2) is 12.2. The van der Waals surface area contributed by atoms with Gasteiger partial charge in [-0.05, 0) is 36.4 Å². The summed E-state index contributed by atoms with van der Waals surface area (Å²) in [4.78, 5) is 54.4. The van der Waals surface area contributed by atoms with E-state index in [1.807, 2.05) is 12.1 Å². The molecule has 0 fully saturated rings. The third-order valence-electron chi connectivity index (χ3n) is 6.85. The second-order valence-corrected chi connectivity index (χ2v) is 9.39. The third-order valence-corrected chi connectivity index (χ3v) is 6.85. The number of nitrogens with two attached hydrogens (primary N) is 2. The van der Waals surface area contributed by atoms with Crippen molar-refractivity contribution in [1.82, 2.24) is 10.2 Å². The molecule has 1 heterocycles. The molecule has 12 heteroatoms. The van der Waals surface area contributed by atoms with Gasteiger partial charge in [0.25, 0.3) is 0 Å². The van der Waals surface area contributed by atoms with Crippen molar-refractivity contribution in [2.45, 2.75) is 0 Å². The minimum absolute atomic E-state index is 0.148. The number of hydrogen-bond acceptors (Lipinski definition) is 8. The summed E-state index contributed by atoms with van der Waals surface area (Å²) in [6.45, 7) is 0.900. The normalized spacial score (nSPS) is 11.7. The lowest BCUT2D eigenvalue weighted by Gasteiger charge is -2.25. The minimum Gasteiger partial charge on any atom is -0.383 e. The molecule has 6 N–H and O–H groups in total. The molecule has 1 aromatic heterocycles. The molecule has 0 aliphatic heterocycles. The lowest BCUT2D eigenvalue weighted by Crippen LogP contribution is -2.39. The fraction of sp³-hybridized carbons (Fsp3) is 0.133. The highest BCUT2D eigenvalue weighted by Gasteiger charge is 2.34. The van der Waals surface area contributed by atoms with Crippen molar-refractivity contribution in [3.05, 3.63) is 107 Å². The second-order valence-electron chi connectivity index (χ2n) is 9.39. The van der Waals surface area contributed by atoms with Crippen LogP contribution in [0.5, 0.6) is 0 Å². The van der Waals surface area contributed by atoms with Crippen LogP contribution in [0.3, 0.4) is 0 Å². The lowest BCUT2D eigenvalue weighted by atomic mass is 9.83. The van der Waals surface area contributed by atoms with Gasteiger partial charge in [-0.3, -0.25) is 19.4 Å². The third kappa shape index (κ3) is 5.59. The van der Waals surface area contributed by atoms with Crippen LogP contribution in [-0.2, 0) is 0 Å². The van der Waals surface area contributed by atoms with Crippen molar-refractivity contribution in [3.8, 4) is 0 Å². The Morgan fingerprint density at radius 1 is 0.619 bits per heavy atom. The van der Waals surface area contributed by atoms with Gasteiger partial charge < -0.3 is 22.1 Å². The van der Waals surface area contributed by atoms with Gasteiger partial charge in [0.05, 0.1) is 34.6 Å². The average molecular weight is 565 g/mol. The predicted octanol–water partition coefficient (Wildman–Crippen LogP) is 3.25. The standard InChI is InChI=1S/C30H28N8O4/c31-29(41)37(19-7-3-1-4-8-19)15-13-33-23-11-12-24(34-14-16-38(30(32)42)20-9-5-2-6-10-20)26-25(23)27(39)21-17-35-36-18-22(21)28(26)40/h1-12,17-18,33-34H,13-16H2,(H2,31,41)(H2,32,42). The Kier molecular flexibility index (Phi) is 8.05. The maximum Gasteiger partial charge on any atom is 0.319 e. The highest BCUT2D eigenvalue weighted by Crippen LogP contribution is 2.36. The number of carbonyl (C=O) groups excluding carboxylic acids is 4. The van der Waals surface area contributed by atoms with Gasteiger partial charge >= 0.3 is 12.1 Å². The quantitative estimate of drug-likeness (QED) is 0.200. The van der Waals surface area contributed by atoms with E-state index in [0.29, 0.717) is 22.7 Å². The number of hydrogen-bond donors (Lipinski definition) is 4. The van der Waals surface area contributed by atoms with Gasteiger partial charge in [0.15, 0.2) is 11.6 Å². The van der Waals surface area contributed by atoms with Gasteiger partial charge in [-0.1, -0.05) is 36.4 Å². The minimum atomic E-state index is -0.621. The number of nitrogens with zero attached hydrogens (tertiary/aromatic N) is 4. The van der Waals surface area contributed by atoms with Crippen molar-refractivity contribution in [1.29, 1.82) is 0 Å². The van der Waals surface area contributed by atoms with E-state index in [1.54, 1.807) is 60.7 Å². The molecule has 212 valence electrons. The van der Waals surface area contributed by atoms with Gasteiger partial charge in [0.1, 0.15) is 0 Å². The van der Waals surface area contributed by atoms with Crippen LogP contribution in [-0.4, -0.2) is 60.0 Å². The number of ketones is 2. The number of urea groups is 2. The first-order valence-electron chi connectivity index (χ1n) is 13.2. The monoisotopic (exact) mass is 564 g/mol. The number of benzene rings is 3. The summed E-state index contributed by atoms with van der Waals surface area (Å²) >= 11 is 0. The first-order chi connectivity index (χ1) is 20.4. The molecule has 1 aliphatic carbocycles. The van der Waals surface area contributed by atoms with Crippen LogP contribution < -0.4 is 31.9 Å². The van der Waals surface area contributed by atoms with Gasteiger partial charge in [0, 0.05) is 48.9 Å². The molecule has 0 saturated heterocycles. The predicted molar refractivity (Wildman–Crippen MR) is 159 cm³/mol. The Bertz CT molecular complexity index is 1520. The molecule has 0 atom stereocenters. The number of nitrogens with one attached hydrogen (secondary N) is 2. The maximum absolute atomic E-state index is 13.7. The molecule has 4 aromatic rings. The van der Waals surface area contributed by atoms with Crippen LogP contribution in [0.2, 0.25) is 0 Å². The summed E-state index contributed by atoms with van der Waals surface area (Å²) in [5, 5.41) is 14.0. The number of amides is 4. The molecule has 12 nitrogen and oxygen atoms in total. The van der Waals surface area contributed by atoms with Crippen molar-refractivity contribution < 1.29 is 19.2 Å². The number of primary amides is 2. The maximum atomic E-state index is 13.7. The van der Waals surface area contributed by atoms with Crippen molar-refractivity contribution >= 4 is 46.4 Å². The van der Waals surface area contributed by atoms with Crippen LogP contribution in [0.1, 0.15) is 31.8 Å². The molecule has 0 bridgehead atoms. The smallest absolute Gasteiger partial charge is 0.319 e. The molecule has 4 amide bonds. The Morgan fingerprint density at radius 2 is 1.00 bits per heavy atom. The van der Waals surface area contributed by atoms with E-state index in [2.05, 4.69) is 20.8 Å². The largest absolute Gasteiger partial charge is 0.383 e. The zero-order valence-corrected chi connectivity index (χ0v) is 22.5. The van der Waals surface area contributed by atoms with E-state index < -0.39 is 23.6 Å². The van der Waals surface area contributed by atoms with Crippen LogP contribution in [0.4, 0.5) is 32.3 Å². The van der Waals surface area contributed by atoms with Gasteiger partial charge in [-0.25, -0.2) is 9.59 Å². The molecule has 0 spiro atoms. The van der Waals surface area contributed by atoms with E-state index in [0.717, 1.165) is 0 Å².